The Hall–Kier alpha value is -1.79. The molecular formula is C13H14Cl2N4O2. The molecule has 0 amide bonds. The predicted octanol–water partition coefficient (Wildman–Crippen LogP) is 3.80. The van der Waals surface area contributed by atoms with E-state index in [1.807, 2.05) is 6.92 Å². The summed E-state index contributed by atoms with van der Waals surface area (Å²) in [5, 5.41) is 3.72. The largest absolute Gasteiger partial charge is 0.463 e. The van der Waals surface area contributed by atoms with E-state index in [1.54, 1.807) is 25.2 Å². The van der Waals surface area contributed by atoms with E-state index in [9.17, 15) is 0 Å². The van der Waals surface area contributed by atoms with Crippen LogP contribution < -0.4 is 14.8 Å². The summed E-state index contributed by atoms with van der Waals surface area (Å²) >= 11 is 12.0. The van der Waals surface area contributed by atoms with Crippen LogP contribution in [0.2, 0.25) is 10.0 Å². The zero-order valence-electron chi connectivity index (χ0n) is 11.6. The maximum absolute atomic E-state index is 6.04. The third-order valence-corrected chi connectivity index (χ3v) is 2.90. The lowest BCUT2D eigenvalue weighted by atomic mass is 10.3. The van der Waals surface area contributed by atoms with Gasteiger partial charge in [-0.1, -0.05) is 30.1 Å². The van der Waals surface area contributed by atoms with Gasteiger partial charge in [0.15, 0.2) is 5.75 Å². The van der Waals surface area contributed by atoms with Crippen molar-refractivity contribution in [3.8, 4) is 17.8 Å². The van der Waals surface area contributed by atoms with E-state index in [2.05, 4.69) is 20.3 Å². The smallest absolute Gasteiger partial charge is 0.330 e. The summed E-state index contributed by atoms with van der Waals surface area (Å²) in [5.41, 5.74) is 0. The Morgan fingerprint density at radius 2 is 1.90 bits per heavy atom. The lowest BCUT2D eigenvalue weighted by Crippen LogP contribution is -2.06. The molecule has 8 heteroatoms. The molecule has 0 aliphatic heterocycles. The van der Waals surface area contributed by atoms with Gasteiger partial charge in [-0.25, -0.2) is 0 Å². The summed E-state index contributed by atoms with van der Waals surface area (Å²) in [5.74, 6) is 0.697. The van der Waals surface area contributed by atoms with Crippen molar-refractivity contribution in [2.24, 2.45) is 0 Å². The number of anilines is 1. The zero-order valence-corrected chi connectivity index (χ0v) is 13.1. The van der Waals surface area contributed by atoms with Crippen LogP contribution in [-0.4, -0.2) is 28.6 Å². The van der Waals surface area contributed by atoms with Crippen LogP contribution in [-0.2, 0) is 0 Å². The van der Waals surface area contributed by atoms with Crippen molar-refractivity contribution in [3.05, 3.63) is 28.2 Å². The van der Waals surface area contributed by atoms with Gasteiger partial charge >= 0.3 is 12.0 Å². The highest BCUT2D eigenvalue weighted by Crippen LogP contribution is 2.31. The van der Waals surface area contributed by atoms with Gasteiger partial charge in [0.1, 0.15) is 0 Å². The van der Waals surface area contributed by atoms with Gasteiger partial charge in [-0.15, -0.1) is 4.98 Å². The number of rotatable bonds is 6. The Morgan fingerprint density at radius 3 is 2.62 bits per heavy atom. The van der Waals surface area contributed by atoms with Crippen molar-refractivity contribution in [3.63, 3.8) is 0 Å². The lowest BCUT2D eigenvalue weighted by Gasteiger charge is -2.09. The van der Waals surface area contributed by atoms with Gasteiger partial charge in [-0.2, -0.15) is 9.97 Å². The number of hydrogen-bond donors (Lipinski definition) is 1. The number of benzene rings is 1. The minimum Gasteiger partial charge on any atom is -0.463 e. The van der Waals surface area contributed by atoms with Gasteiger partial charge < -0.3 is 14.8 Å². The molecule has 0 saturated carbocycles. The predicted molar refractivity (Wildman–Crippen MR) is 81.7 cm³/mol. The first-order valence-electron chi connectivity index (χ1n) is 6.32. The maximum Gasteiger partial charge on any atom is 0.330 e. The number of aromatic nitrogens is 3. The molecule has 1 N–H and O–H groups in total. The van der Waals surface area contributed by atoms with Gasteiger partial charge in [0.05, 0.1) is 11.6 Å². The summed E-state index contributed by atoms with van der Waals surface area (Å²) in [6.07, 6.45) is 0.844. The van der Waals surface area contributed by atoms with E-state index in [0.717, 1.165) is 6.42 Å². The van der Waals surface area contributed by atoms with Gasteiger partial charge in [-0.05, 0) is 18.6 Å². The molecular weight excluding hydrogens is 315 g/mol. The highest BCUT2D eigenvalue weighted by molar-refractivity contribution is 6.34. The lowest BCUT2D eigenvalue weighted by molar-refractivity contribution is 0.285. The second-order valence-corrected chi connectivity index (χ2v) is 4.84. The molecule has 0 atom stereocenters. The van der Waals surface area contributed by atoms with Gasteiger partial charge in [0.2, 0.25) is 5.95 Å². The molecule has 0 radical (unpaired) electrons. The van der Waals surface area contributed by atoms with Crippen LogP contribution in [0.3, 0.4) is 0 Å². The Kier molecular flexibility index (Phi) is 5.41. The number of nitrogens with one attached hydrogen (secondary N) is 1. The van der Waals surface area contributed by atoms with E-state index in [0.29, 0.717) is 28.3 Å². The number of halogens is 2. The topological polar surface area (TPSA) is 69.2 Å². The quantitative estimate of drug-likeness (QED) is 0.869. The van der Waals surface area contributed by atoms with Gasteiger partial charge in [0.25, 0.3) is 0 Å². The third kappa shape index (κ3) is 4.34. The fourth-order valence-electron chi connectivity index (χ4n) is 1.41. The number of nitrogens with zero attached hydrogens (tertiary/aromatic N) is 3. The fraction of sp³-hybridized carbons (Fsp3) is 0.308. The third-order valence-electron chi connectivity index (χ3n) is 2.35. The van der Waals surface area contributed by atoms with Crippen molar-refractivity contribution < 1.29 is 9.47 Å². The molecule has 0 aliphatic rings. The van der Waals surface area contributed by atoms with Crippen LogP contribution in [0.5, 0.6) is 17.8 Å². The van der Waals surface area contributed by atoms with Crippen LogP contribution in [0, 0.1) is 0 Å². The summed E-state index contributed by atoms with van der Waals surface area (Å²) < 4.78 is 10.9. The summed E-state index contributed by atoms with van der Waals surface area (Å²) in [6.45, 7) is 2.49. The molecule has 2 aromatic rings. The second-order valence-electron chi connectivity index (χ2n) is 4.00. The van der Waals surface area contributed by atoms with E-state index in [1.165, 1.54) is 0 Å². The first-order valence-corrected chi connectivity index (χ1v) is 7.07. The number of ether oxygens (including phenoxy) is 2. The zero-order chi connectivity index (χ0) is 15.2. The molecule has 0 fully saturated rings. The standard InChI is InChI=1S/C13H14Cl2N4O2/c1-3-6-20-12-17-11(16-2)18-13(19-12)21-10-7-8(14)4-5-9(10)15/h4-5,7H,3,6H2,1-2H3,(H,16,17,18,19). The van der Waals surface area contributed by atoms with Crippen LogP contribution >= 0.6 is 23.2 Å². The Bertz CT molecular complexity index is 625. The van der Waals surface area contributed by atoms with E-state index < -0.39 is 0 Å². The van der Waals surface area contributed by atoms with Crippen molar-refractivity contribution in [2.75, 3.05) is 19.0 Å². The van der Waals surface area contributed by atoms with Crippen LogP contribution in [0.1, 0.15) is 13.3 Å². The Balaban J connectivity index is 2.27. The van der Waals surface area contributed by atoms with Crippen molar-refractivity contribution in [1.82, 2.24) is 15.0 Å². The summed E-state index contributed by atoms with van der Waals surface area (Å²) in [7, 11) is 1.69. The van der Waals surface area contributed by atoms with Gasteiger partial charge in [0, 0.05) is 18.1 Å². The number of hydrogen-bond acceptors (Lipinski definition) is 6. The maximum atomic E-state index is 6.04. The summed E-state index contributed by atoms with van der Waals surface area (Å²) in [6, 6.07) is 5.14. The SMILES string of the molecule is CCCOc1nc(NC)nc(Oc2cc(Cl)ccc2Cl)n1. The van der Waals surface area contributed by atoms with Crippen LogP contribution in [0.15, 0.2) is 18.2 Å². The molecule has 2 rings (SSSR count). The molecule has 6 nitrogen and oxygen atoms in total. The van der Waals surface area contributed by atoms with Gasteiger partial charge in [-0.3, -0.25) is 0 Å². The van der Waals surface area contributed by atoms with Crippen LogP contribution in [0.25, 0.3) is 0 Å². The first kappa shape index (κ1) is 15.6. The van der Waals surface area contributed by atoms with E-state index in [-0.39, 0.29) is 12.0 Å². The molecule has 1 aromatic heterocycles. The molecule has 0 spiro atoms. The molecule has 0 saturated heterocycles. The molecule has 21 heavy (non-hydrogen) atoms. The highest BCUT2D eigenvalue weighted by atomic mass is 35.5. The molecule has 0 unspecified atom stereocenters. The molecule has 1 aromatic carbocycles. The normalized spacial score (nSPS) is 10.3. The molecule has 112 valence electrons. The second kappa shape index (κ2) is 7.28. The average Bonchev–Trinajstić information content (AvgIpc) is 2.48. The van der Waals surface area contributed by atoms with Crippen molar-refractivity contribution in [1.29, 1.82) is 0 Å². The Labute approximate surface area is 132 Å². The average molecular weight is 329 g/mol. The van der Waals surface area contributed by atoms with E-state index >= 15 is 0 Å². The Morgan fingerprint density at radius 1 is 1.14 bits per heavy atom. The van der Waals surface area contributed by atoms with E-state index in [4.69, 9.17) is 32.7 Å². The molecule has 0 aliphatic carbocycles. The monoisotopic (exact) mass is 328 g/mol. The van der Waals surface area contributed by atoms with Crippen molar-refractivity contribution in [2.45, 2.75) is 13.3 Å². The van der Waals surface area contributed by atoms with Crippen LogP contribution in [0.4, 0.5) is 5.95 Å². The fourth-order valence-corrected chi connectivity index (χ4v) is 1.73. The van der Waals surface area contributed by atoms with Crippen molar-refractivity contribution >= 4 is 29.2 Å². The minimum atomic E-state index is 0.0737. The highest BCUT2D eigenvalue weighted by Gasteiger charge is 2.11. The molecule has 0 bridgehead atoms. The molecule has 1 heterocycles. The summed E-state index contributed by atoms with van der Waals surface area (Å²) in [4.78, 5) is 12.2. The first-order chi connectivity index (χ1) is 10.1. The minimum absolute atomic E-state index is 0.0737.